The smallest absolute Gasteiger partial charge is 0.340 e. The molecule has 1 aliphatic heterocycles. The summed E-state index contributed by atoms with van der Waals surface area (Å²) in [4.78, 5) is 21.4. The van der Waals surface area contributed by atoms with E-state index in [1.807, 2.05) is 35.2 Å². The molecule has 7 heteroatoms. The fourth-order valence-electron chi connectivity index (χ4n) is 3.75. The number of aromatic nitrogens is 2. The second-order valence-corrected chi connectivity index (χ2v) is 6.76. The van der Waals surface area contributed by atoms with Crippen molar-refractivity contribution in [3.05, 3.63) is 42.2 Å². The molecule has 27 heavy (non-hydrogen) atoms. The predicted molar refractivity (Wildman–Crippen MR) is 102 cm³/mol. The van der Waals surface area contributed by atoms with Crippen molar-refractivity contribution in [3.8, 4) is 16.9 Å². The molecule has 3 N–H and O–H groups in total. The first kappa shape index (κ1) is 17.4. The summed E-state index contributed by atoms with van der Waals surface area (Å²) in [5.74, 6) is -0.0775. The molecule has 3 aromatic rings. The predicted octanol–water partition coefficient (Wildman–Crippen LogP) is 2.76. The Morgan fingerprint density at radius 2 is 2.15 bits per heavy atom. The average molecular weight is 367 g/mol. The zero-order valence-electron chi connectivity index (χ0n) is 15.0. The molecule has 0 amide bonds. The first-order chi connectivity index (χ1) is 13.1. The molecule has 2 aromatic carbocycles. The number of nitrogens with one attached hydrogen (secondary N) is 1. The van der Waals surface area contributed by atoms with E-state index in [1.165, 1.54) is 6.33 Å². The van der Waals surface area contributed by atoms with Gasteiger partial charge in [-0.15, -0.1) is 0 Å². The first-order valence-corrected chi connectivity index (χ1v) is 8.86. The number of fused-ring (bicyclic) bond motifs is 1. The number of H-pyrrole nitrogens is 1. The van der Waals surface area contributed by atoms with Crippen LogP contribution in [0.25, 0.3) is 22.2 Å². The van der Waals surface area contributed by atoms with Crippen LogP contribution >= 0.6 is 0 Å². The number of ether oxygens (including phenoxy) is 1. The minimum absolute atomic E-state index is 0.108. The Labute approximate surface area is 156 Å². The van der Waals surface area contributed by atoms with Crippen LogP contribution < -0.4 is 9.64 Å². The van der Waals surface area contributed by atoms with Crippen LogP contribution in [0.5, 0.6) is 5.75 Å². The topological polar surface area (TPSA) is 98.7 Å². The van der Waals surface area contributed by atoms with Gasteiger partial charge in [0.05, 0.1) is 30.2 Å². The molecule has 0 aliphatic carbocycles. The number of imidazole rings is 1. The Hall–Kier alpha value is -3.06. The highest BCUT2D eigenvalue weighted by Crippen LogP contribution is 2.38. The molecule has 2 heterocycles. The van der Waals surface area contributed by atoms with E-state index in [4.69, 9.17) is 4.74 Å². The Morgan fingerprint density at radius 3 is 2.78 bits per heavy atom. The highest BCUT2D eigenvalue weighted by Gasteiger charge is 2.28. The summed E-state index contributed by atoms with van der Waals surface area (Å²) in [6.07, 6.45) is 2.36. The van der Waals surface area contributed by atoms with E-state index in [0.29, 0.717) is 29.8 Å². The van der Waals surface area contributed by atoms with Gasteiger partial charge in [0.1, 0.15) is 11.3 Å². The maximum atomic E-state index is 12.0. The van der Waals surface area contributed by atoms with Crippen molar-refractivity contribution in [2.24, 2.45) is 5.92 Å². The first-order valence-electron chi connectivity index (χ1n) is 8.86. The summed E-state index contributed by atoms with van der Waals surface area (Å²) in [5.41, 5.74) is 3.81. The summed E-state index contributed by atoms with van der Waals surface area (Å²) >= 11 is 0. The number of benzene rings is 2. The molecule has 0 radical (unpaired) electrons. The van der Waals surface area contributed by atoms with Crippen molar-refractivity contribution in [2.75, 3.05) is 31.7 Å². The maximum Gasteiger partial charge on any atom is 0.340 e. The third-order valence-electron chi connectivity index (χ3n) is 5.18. The van der Waals surface area contributed by atoms with E-state index < -0.39 is 5.97 Å². The molecule has 4 rings (SSSR count). The van der Waals surface area contributed by atoms with Crippen LogP contribution in [0.1, 0.15) is 16.8 Å². The van der Waals surface area contributed by atoms with Gasteiger partial charge in [0.2, 0.25) is 0 Å². The molecule has 0 spiro atoms. The monoisotopic (exact) mass is 367 g/mol. The molecular formula is C20H21N3O4. The number of hydrogen-bond acceptors (Lipinski definition) is 5. The summed E-state index contributed by atoms with van der Waals surface area (Å²) < 4.78 is 5.23. The molecular weight excluding hydrogens is 346 g/mol. The number of aliphatic hydroxyl groups is 1. The summed E-state index contributed by atoms with van der Waals surface area (Å²) in [5, 5.41) is 19.3. The standard InChI is InChI=1S/C20H21N3O4/c1-27-14-4-2-13(3-5-14)15-8-16(23-7-6-12(9-23)10-24)17(20(25)26)19-18(15)21-11-22-19/h2-5,8,11-12,24H,6-7,9-10H2,1H3,(H,21,22)(H,25,26). The van der Waals surface area contributed by atoms with E-state index in [0.717, 1.165) is 23.3 Å². The van der Waals surface area contributed by atoms with Crippen molar-refractivity contribution < 1.29 is 19.7 Å². The fourth-order valence-corrected chi connectivity index (χ4v) is 3.75. The van der Waals surface area contributed by atoms with Crippen molar-refractivity contribution in [3.63, 3.8) is 0 Å². The quantitative estimate of drug-likeness (QED) is 0.641. The van der Waals surface area contributed by atoms with Gasteiger partial charge >= 0.3 is 5.97 Å². The Kier molecular flexibility index (Phi) is 4.45. The normalized spacial score (nSPS) is 16.8. The molecule has 7 nitrogen and oxygen atoms in total. The van der Waals surface area contributed by atoms with E-state index in [2.05, 4.69) is 9.97 Å². The van der Waals surface area contributed by atoms with Gasteiger partial charge in [-0.3, -0.25) is 0 Å². The average Bonchev–Trinajstić information content (AvgIpc) is 3.36. The van der Waals surface area contributed by atoms with Crippen LogP contribution in [0, 0.1) is 5.92 Å². The molecule has 1 atom stereocenters. The van der Waals surface area contributed by atoms with Gasteiger partial charge in [0.15, 0.2) is 0 Å². The Morgan fingerprint density at radius 1 is 1.37 bits per heavy atom. The zero-order chi connectivity index (χ0) is 19.0. The highest BCUT2D eigenvalue weighted by molar-refractivity contribution is 6.10. The van der Waals surface area contributed by atoms with Gasteiger partial charge in [-0.25, -0.2) is 9.78 Å². The lowest BCUT2D eigenvalue weighted by Gasteiger charge is -2.22. The van der Waals surface area contributed by atoms with Gasteiger partial charge in [-0.1, -0.05) is 12.1 Å². The number of methoxy groups -OCH3 is 1. The van der Waals surface area contributed by atoms with Crippen molar-refractivity contribution >= 4 is 22.7 Å². The maximum absolute atomic E-state index is 12.0. The van der Waals surface area contributed by atoms with Crippen molar-refractivity contribution in [1.29, 1.82) is 0 Å². The highest BCUT2D eigenvalue weighted by atomic mass is 16.5. The lowest BCUT2D eigenvalue weighted by atomic mass is 9.99. The fraction of sp³-hybridized carbons (Fsp3) is 0.300. The van der Waals surface area contributed by atoms with Crippen LogP contribution in [0.15, 0.2) is 36.7 Å². The van der Waals surface area contributed by atoms with Crippen molar-refractivity contribution in [1.82, 2.24) is 9.97 Å². The molecule has 0 bridgehead atoms. The summed E-state index contributed by atoms with van der Waals surface area (Å²) in [6.45, 7) is 1.46. The molecule has 1 aromatic heterocycles. The SMILES string of the molecule is COc1ccc(-c2cc(N3CCC(CO)C3)c(C(=O)O)c3[nH]cnc23)cc1. The number of anilines is 1. The second-order valence-electron chi connectivity index (χ2n) is 6.76. The van der Waals surface area contributed by atoms with Gasteiger partial charge in [-0.05, 0) is 30.2 Å². The summed E-state index contributed by atoms with van der Waals surface area (Å²) in [6, 6.07) is 9.51. The number of hydrogen-bond donors (Lipinski definition) is 3. The van der Waals surface area contributed by atoms with Crippen LogP contribution in [-0.2, 0) is 0 Å². The van der Waals surface area contributed by atoms with Crippen molar-refractivity contribution in [2.45, 2.75) is 6.42 Å². The number of aromatic carboxylic acids is 1. The molecule has 1 aliphatic rings. The van der Waals surface area contributed by atoms with Crippen LogP contribution in [0.3, 0.4) is 0 Å². The van der Waals surface area contributed by atoms with Crippen LogP contribution in [0.4, 0.5) is 5.69 Å². The van der Waals surface area contributed by atoms with E-state index >= 15 is 0 Å². The molecule has 0 saturated carbocycles. The Bertz CT molecular complexity index is 981. The van der Waals surface area contributed by atoms with E-state index in [1.54, 1.807) is 7.11 Å². The van der Waals surface area contributed by atoms with E-state index in [9.17, 15) is 15.0 Å². The van der Waals surface area contributed by atoms with Crippen LogP contribution in [-0.4, -0.2) is 53.0 Å². The molecule has 1 unspecified atom stereocenters. The summed E-state index contributed by atoms with van der Waals surface area (Å²) in [7, 11) is 1.62. The minimum Gasteiger partial charge on any atom is -0.497 e. The zero-order valence-corrected chi connectivity index (χ0v) is 15.0. The van der Waals surface area contributed by atoms with Gasteiger partial charge in [0.25, 0.3) is 0 Å². The van der Waals surface area contributed by atoms with Gasteiger partial charge < -0.3 is 24.8 Å². The number of carbonyl (C=O) groups is 1. The number of nitrogens with zero attached hydrogens (tertiary/aromatic N) is 2. The van der Waals surface area contributed by atoms with E-state index in [-0.39, 0.29) is 18.1 Å². The third-order valence-corrected chi connectivity index (χ3v) is 5.18. The number of aromatic amines is 1. The van der Waals surface area contributed by atoms with Gasteiger partial charge in [0, 0.05) is 31.2 Å². The number of carboxylic acids is 1. The lowest BCUT2D eigenvalue weighted by Crippen LogP contribution is -2.23. The van der Waals surface area contributed by atoms with Gasteiger partial charge in [-0.2, -0.15) is 0 Å². The third kappa shape index (κ3) is 3.00. The number of rotatable bonds is 5. The molecule has 1 saturated heterocycles. The minimum atomic E-state index is -0.993. The lowest BCUT2D eigenvalue weighted by molar-refractivity contribution is 0.0699. The number of carboxylic acid groups (broad SMARTS) is 1. The second kappa shape index (κ2) is 6.92. The largest absolute Gasteiger partial charge is 0.497 e. The Balaban J connectivity index is 1.90. The number of aliphatic hydroxyl groups excluding tert-OH is 1. The molecule has 140 valence electrons. The molecule has 1 fully saturated rings. The van der Waals surface area contributed by atoms with Crippen LogP contribution in [0.2, 0.25) is 0 Å².